The highest BCUT2D eigenvalue weighted by atomic mass is 16.6. The van der Waals surface area contributed by atoms with Crippen LogP contribution in [0, 0.1) is 17.0 Å². The zero-order chi connectivity index (χ0) is 14.0. The fourth-order valence-corrected chi connectivity index (χ4v) is 2.73. The van der Waals surface area contributed by atoms with Gasteiger partial charge in [0.05, 0.1) is 4.92 Å². The molecule has 0 bridgehead atoms. The molecule has 5 nitrogen and oxygen atoms in total. The second-order valence-electron chi connectivity index (χ2n) is 5.37. The summed E-state index contributed by atoms with van der Waals surface area (Å²) in [5, 5.41) is 11.0. The minimum Gasteiger partial charge on any atom is -0.393 e. The number of likely N-dealkylation sites (tertiary alicyclic amines) is 1. The third-order valence-corrected chi connectivity index (χ3v) is 4.07. The van der Waals surface area contributed by atoms with Crippen LogP contribution in [-0.4, -0.2) is 22.4 Å². The van der Waals surface area contributed by atoms with Gasteiger partial charge in [-0.1, -0.05) is 12.5 Å². The Bertz CT molecular complexity index is 488. The molecule has 5 heteroatoms. The number of nitrogen functional groups attached to an aromatic ring is 1. The van der Waals surface area contributed by atoms with Gasteiger partial charge in [-0.3, -0.25) is 15.0 Å². The maximum absolute atomic E-state index is 11.0. The van der Waals surface area contributed by atoms with E-state index in [1.165, 1.54) is 25.3 Å². The Morgan fingerprint density at radius 2 is 2.21 bits per heavy atom. The van der Waals surface area contributed by atoms with Crippen molar-refractivity contribution in [1.82, 2.24) is 4.90 Å². The third kappa shape index (κ3) is 2.87. The molecule has 0 spiro atoms. The van der Waals surface area contributed by atoms with Crippen LogP contribution in [0.3, 0.4) is 0 Å². The number of rotatable bonds is 3. The summed E-state index contributed by atoms with van der Waals surface area (Å²) in [5.74, 6) is 0. The number of nitro groups is 1. The van der Waals surface area contributed by atoms with Gasteiger partial charge in [-0.15, -0.1) is 0 Å². The number of nitro benzene ring substituents is 1. The third-order valence-electron chi connectivity index (χ3n) is 4.07. The maximum atomic E-state index is 11.0. The Hall–Kier alpha value is -1.62. The first-order valence-electron chi connectivity index (χ1n) is 6.77. The lowest BCUT2D eigenvalue weighted by atomic mass is 10.00. The van der Waals surface area contributed by atoms with Crippen LogP contribution in [0.25, 0.3) is 0 Å². The lowest BCUT2D eigenvalue weighted by Crippen LogP contribution is -2.37. The van der Waals surface area contributed by atoms with Gasteiger partial charge >= 0.3 is 0 Å². The molecule has 1 aliphatic rings. The summed E-state index contributed by atoms with van der Waals surface area (Å²) in [6.45, 7) is 5.93. The van der Waals surface area contributed by atoms with E-state index in [4.69, 9.17) is 5.73 Å². The Labute approximate surface area is 113 Å². The standard InChI is InChI=1S/C14H21N3O2/c1-10-6-7-13(17(18)19)14(15)12(10)9-16-8-4-3-5-11(16)2/h6-7,11H,3-5,8-9,15H2,1-2H3. The van der Waals surface area contributed by atoms with Gasteiger partial charge in [-0.05, 0) is 44.4 Å². The van der Waals surface area contributed by atoms with Crippen LogP contribution in [0.2, 0.25) is 0 Å². The zero-order valence-electron chi connectivity index (χ0n) is 11.6. The van der Waals surface area contributed by atoms with Crippen LogP contribution in [0.4, 0.5) is 11.4 Å². The van der Waals surface area contributed by atoms with E-state index in [-0.39, 0.29) is 5.69 Å². The summed E-state index contributed by atoms with van der Waals surface area (Å²) in [6, 6.07) is 3.80. The van der Waals surface area contributed by atoms with Crippen molar-refractivity contribution in [2.75, 3.05) is 12.3 Å². The molecule has 1 unspecified atom stereocenters. The van der Waals surface area contributed by atoms with Gasteiger partial charge in [0, 0.05) is 18.7 Å². The molecule has 1 atom stereocenters. The summed E-state index contributed by atoms with van der Waals surface area (Å²) in [4.78, 5) is 12.9. The molecule has 1 aromatic rings. The highest BCUT2D eigenvalue weighted by Crippen LogP contribution is 2.30. The topological polar surface area (TPSA) is 72.4 Å². The van der Waals surface area contributed by atoms with Crippen molar-refractivity contribution in [3.05, 3.63) is 33.4 Å². The predicted molar refractivity (Wildman–Crippen MR) is 76.0 cm³/mol. The van der Waals surface area contributed by atoms with Crippen molar-refractivity contribution in [1.29, 1.82) is 0 Å². The molecule has 1 saturated heterocycles. The van der Waals surface area contributed by atoms with Crippen molar-refractivity contribution in [3.63, 3.8) is 0 Å². The molecule has 104 valence electrons. The van der Waals surface area contributed by atoms with E-state index >= 15 is 0 Å². The summed E-state index contributed by atoms with van der Waals surface area (Å²) < 4.78 is 0. The molecule has 1 aromatic carbocycles. The number of benzene rings is 1. The molecule has 2 N–H and O–H groups in total. The van der Waals surface area contributed by atoms with Gasteiger partial charge in [0.1, 0.15) is 5.69 Å². The van der Waals surface area contributed by atoms with Gasteiger partial charge in [0.2, 0.25) is 0 Å². The molecule has 0 amide bonds. The maximum Gasteiger partial charge on any atom is 0.292 e. The number of nitrogens with two attached hydrogens (primary N) is 1. The molecule has 0 saturated carbocycles. The van der Waals surface area contributed by atoms with E-state index < -0.39 is 4.92 Å². The van der Waals surface area contributed by atoms with Gasteiger partial charge in [0.25, 0.3) is 5.69 Å². The zero-order valence-corrected chi connectivity index (χ0v) is 11.6. The fourth-order valence-electron chi connectivity index (χ4n) is 2.73. The van der Waals surface area contributed by atoms with Gasteiger partial charge < -0.3 is 5.73 Å². The summed E-state index contributed by atoms with van der Waals surface area (Å²) >= 11 is 0. The van der Waals surface area contributed by atoms with Crippen molar-refractivity contribution < 1.29 is 4.92 Å². The highest BCUT2D eigenvalue weighted by Gasteiger charge is 2.22. The monoisotopic (exact) mass is 263 g/mol. The van der Waals surface area contributed by atoms with E-state index in [1.807, 2.05) is 6.92 Å². The van der Waals surface area contributed by atoms with Crippen LogP contribution in [0.5, 0.6) is 0 Å². The lowest BCUT2D eigenvalue weighted by Gasteiger charge is -2.33. The SMILES string of the molecule is Cc1ccc([N+](=O)[O-])c(N)c1CN1CCCCC1C. The van der Waals surface area contributed by atoms with E-state index in [2.05, 4.69) is 11.8 Å². The minimum absolute atomic E-state index is 0.0188. The van der Waals surface area contributed by atoms with Crippen LogP contribution in [0.15, 0.2) is 12.1 Å². The molecular weight excluding hydrogens is 242 g/mol. The molecule has 1 heterocycles. The molecule has 2 rings (SSSR count). The van der Waals surface area contributed by atoms with Crippen LogP contribution in [0.1, 0.15) is 37.3 Å². The number of nitrogens with zero attached hydrogens (tertiary/aromatic N) is 2. The number of hydrogen-bond acceptors (Lipinski definition) is 4. The molecule has 0 aliphatic carbocycles. The number of hydrogen-bond donors (Lipinski definition) is 1. The minimum atomic E-state index is -0.405. The van der Waals surface area contributed by atoms with Crippen molar-refractivity contribution >= 4 is 11.4 Å². The predicted octanol–water partition coefficient (Wildman–Crippen LogP) is 2.86. The van der Waals surface area contributed by atoms with Crippen LogP contribution in [-0.2, 0) is 6.54 Å². The van der Waals surface area contributed by atoms with E-state index in [1.54, 1.807) is 6.07 Å². The first-order valence-corrected chi connectivity index (χ1v) is 6.77. The lowest BCUT2D eigenvalue weighted by molar-refractivity contribution is -0.384. The normalized spacial score (nSPS) is 20.4. The second-order valence-corrected chi connectivity index (χ2v) is 5.37. The first kappa shape index (κ1) is 13.8. The van der Waals surface area contributed by atoms with E-state index in [9.17, 15) is 10.1 Å². The van der Waals surface area contributed by atoms with Crippen LogP contribution >= 0.6 is 0 Å². The Kier molecular flexibility index (Phi) is 4.04. The number of anilines is 1. The molecule has 0 aromatic heterocycles. The fraction of sp³-hybridized carbons (Fsp3) is 0.571. The average Bonchev–Trinajstić information content (AvgIpc) is 2.36. The molecule has 1 fully saturated rings. The Morgan fingerprint density at radius 1 is 1.47 bits per heavy atom. The largest absolute Gasteiger partial charge is 0.393 e. The summed E-state index contributed by atoms with van der Waals surface area (Å²) in [5.41, 5.74) is 8.25. The molecule has 1 aliphatic heterocycles. The van der Waals surface area contributed by atoms with Crippen LogP contribution < -0.4 is 5.73 Å². The average molecular weight is 263 g/mol. The summed E-state index contributed by atoms with van der Waals surface area (Å²) in [6.07, 6.45) is 3.65. The van der Waals surface area contributed by atoms with Crippen molar-refractivity contribution in [2.45, 2.75) is 45.7 Å². The van der Waals surface area contributed by atoms with Gasteiger partial charge in [-0.2, -0.15) is 0 Å². The number of piperidine rings is 1. The number of aryl methyl sites for hydroxylation is 1. The van der Waals surface area contributed by atoms with E-state index in [0.29, 0.717) is 18.3 Å². The molecule has 0 radical (unpaired) electrons. The summed E-state index contributed by atoms with van der Waals surface area (Å²) in [7, 11) is 0. The van der Waals surface area contributed by atoms with Crippen molar-refractivity contribution in [2.24, 2.45) is 0 Å². The second kappa shape index (κ2) is 5.57. The Balaban J connectivity index is 2.28. The smallest absolute Gasteiger partial charge is 0.292 e. The highest BCUT2D eigenvalue weighted by molar-refractivity contribution is 5.65. The molecule has 19 heavy (non-hydrogen) atoms. The quantitative estimate of drug-likeness (QED) is 0.517. The molecular formula is C14H21N3O2. The first-order chi connectivity index (χ1) is 9.00. The van der Waals surface area contributed by atoms with Crippen molar-refractivity contribution in [3.8, 4) is 0 Å². The van der Waals surface area contributed by atoms with Gasteiger partial charge in [-0.25, -0.2) is 0 Å². The van der Waals surface area contributed by atoms with E-state index in [0.717, 1.165) is 17.7 Å². The van der Waals surface area contributed by atoms with Gasteiger partial charge in [0.15, 0.2) is 0 Å². The Morgan fingerprint density at radius 3 is 2.84 bits per heavy atom.